The molecule has 6 aromatic rings. The van der Waals surface area contributed by atoms with Crippen LogP contribution < -0.4 is 10.2 Å². The molecule has 49 heavy (non-hydrogen) atoms. The molecule has 0 radical (unpaired) electrons. The number of imidazole rings is 1. The minimum atomic E-state index is -0.794. The van der Waals surface area contributed by atoms with Gasteiger partial charge in [-0.25, -0.2) is 37.8 Å². The van der Waals surface area contributed by atoms with Crippen molar-refractivity contribution in [2.75, 3.05) is 37.5 Å². The summed E-state index contributed by atoms with van der Waals surface area (Å²) < 4.78 is 52.6. The third-order valence-electron chi connectivity index (χ3n) is 9.29. The fraction of sp³-hybridized carbons (Fsp3) is 0.294. The Balaban J connectivity index is 1.22. The maximum atomic E-state index is 14.9. The topological polar surface area (TPSA) is 119 Å². The van der Waals surface area contributed by atoms with Gasteiger partial charge < -0.3 is 24.4 Å². The summed E-state index contributed by atoms with van der Waals surface area (Å²) in [6.45, 7) is 2.84. The molecule has 1 saturated heterocycles. The summed E-state index contributed by atoms with van der Waals surface area (Å²) in [5.41, 5.74) is 2.73. The predicted octanol–water partition coefficient (Wildman–Crippen LogP) is 4.50. The highest BCUT2D eigenvalue weighted by atomic mass is 19.1. The second kappa shape index (κ2) is 11.8. The molecule has 0 spiro atoms. The maximum absolute atomic E-state index is 14.9. The zero-order valence-electron chi connectivity index (χ0n) is 26.8. The first-order valence-electron chi connectivity index (χ1n) is 15.8. The Morgan fingerprint density at radius 2 is 1.84 bits per heavy atom. The van der Waals surface area contributed by atoms with Crippen LogP contribution in [0.25, 0.3) is 39.0 Å². The average molecular weight is 669 g/mol. The normalized spacial score (nSPS) is 19.7. The van der Waals surface area contributed by atoms with Crippen LogP contribution in [0.15, 0.2) is 61.1 Å². The Kier molecular flexibility index (Phi) is 7.43. The molecule has 4 aromatic heterocycles. The number of halogens is 3. The number of carbonyl (C=O) groups excluding carboxylic acids is 1. The van der Waals surface area contributed by atoms with Gasteiger partial charge in [-0.1, -0.05) is 6.07 Å². The Labute approximate surface area is 278 Å². The van der Waals surface area contributed by atoms with E-state index >= 15 is 0 Å². The number of pyridine rings is 1. The molecule has 250 valence electrons. The number of nitrogens with one attached hydrogen (secondary N) is 1. The molecule has 1 amide bonds. The molecule has 1 fully saturated rings. The van der Waals surface area contributed by atoms with Crippen molar-refractivity contribution >= 4 is 39.6 Å². The standard InChI is InChI=1S/C34H31F3N10O2/c1-18-41-27-11-20(36)9-23-26-5-4-6-30(43-26)42-21-12-29(34(48)44(2)15-22(49-3)16-45(18)31(23)27)46(14-21)32-24-13-40-47(33(24)39-17-38-32)28-8-7-19(35)10-25(28)37/h4-11,13,17,21-22,29H,12,14-16H2,1-3H3,(H,42,43)/t21-,22-,29-/m0/s1. The highest BCUT2D eigenvalue weighted by Gasteiger charge is 2.41. The number of hydrogen-bond donors (Lipinski definition) is 1. The summed E-state index contributed by atoms with van der Waals surface area (Å²) in [6.07, 6.45) is 2.84. The van der Waals surface area contributed by atoms with Crippen molar-refractivity contribution in [1.82, 2.24) is 39.2 Å². The Bertz CT molecular complexity index is 2260. The lowest BCUT2D eigenvalue weighted by molar-refractivity contribution is -0.132. The van der Waals surface area contributed by atoms with Crippen molar-refractivity contribution in [2.24, 2.45) is 0 Å². The fourth-order valence-electron chi connectivity index (χ4n) is 7.00. The number of benzene rings is 2. The number of nitrogens with zero attached hydrogens (tertiary/aromatic N) is 9. The highest BCUT2D eigenvalue weighted by Crippen LogP contribution is 2.35. The van der Waals surface area contributed by atoms with Gasteiger partial charge in [-0.3, -0.25) is 4.79 Å². The summed E-state index contributed by atoms with van der Waals surface area (Å²) in [6, 6.07) is 10.7. The van der Waals surface area contributed by atoms with E-state index in [4.69, 9.17) is 9.72 Å². The van der Waals surface area contributed by atoms with E-state index in [1.165, 1.54) is 35.4 Å². The van der Waals surface area contributed by atoms with Gasteiger partial charge >= 0.3 is 0 Å². The van der Waals surface area contributed by atoms with Crippen molar-refractivity contribution in [1.29, 1.82) is 0 Å². The average Bonchev–Trinajstić information content (AvgIpc) is 3.78. The molecule has 3 atom stereocenters. The number of amides is 1. The number of carbonyl (C=O) groups is 1. The van der Waals surface area contributed by atoms with Crippen LogP contribution in [-0.4, -0.2) is 90.5 Å². The number of ether oxygens (including phenoxy) is 1. The number of aryl methyl sites for hydroxylation is 1. The Morgan fingerprint density at radius 1 is 0.980 bits per heavy atom. The van der Waals surface area contributed by atoms with Crippen LogP contribution in [0.5, 0.6) is 0 Å². The van der Waals surface area contributed by atoms with Crippen LogP contribution in [0, 0.1) is 24.4 Å². The number of rotatable bonds is 3. The van der Waals surface area contributed by atoms with Gasteiger partial charge in [0.1, 0.15) is 47.2 Å². The predicted molar refractivity (Wildman–Crippen MR) is 176 cm³/mol. The summed E-state index contributed by atoms with van der Waals surface area (Å²) in [5, 5.41) is 8.35. The van der Waals surface area contributed by atoms with Crippen molar-refractivity contribution in [3.8, 4) is 16.9 Å². The largest absolute Gasteiger partial charge is 0.378 e. The van der Waals surface area contributed by atoms with Crippen molar-refractivity contribution in [3.63, 3.8) is 0 Å². The van der Waals surface area contributed by atoms with E-state index in [-0.39, 0.29) is 24.2 Å². The van der Waals surface area contributed by atoms with Crippen LogP contribution in [0.3, 0.4) is 0 Å². The lowest BCUT2D eigenvalue weighted by Gasteiger charge is -2.30. The summed E-state index contributed by atoms with van der Waals surface area (Å²) >= 11 is 0. The van der Waals surface area contributed by atoms with Crippen LogP contribution >= 0.6 is 0 Å². The monoisotopic (exact) mass is 668 g/mol. The molecule has 0 unspecified atom stereocenters. The molecule has 2 aliphatic rings. The lowest BCUT2D eigenvalue weighted by atomic mass is 10.1. The molecular formula is C34H31F3N10O2. The molecule has 1 N–H and O–H groups in total. The molecule has 0 aliphatic carbocycles. The first kappa shape index (κ1) is 30.7. The molecule has 0 saturated carbocycles. The second-order valence-electron chi connectivity index (χ2n) is 12.4. The summed E-state index contributed by atoms with van der Waals surface area (Å²) in [4.78, 5) is 36.3. The highest BCUT2D eigenvalue weighted by molar-refractivity contribution is 5.93. The van der Waals surface area contributed by atoms with E-state index in [2.05, 4.69) is 25.4 Å². The second-order valence-corrected chi connectivity index (χ2v) is 12.4. The summed E-state index contributed by atoms with van der Waals surface area (Å²) in [7, 11) is 3.33. The van der Waals surface area contributed by atoms with E-state index < -0.39 is 29.6 Å². The van der Waals surface area contributed by atoms with E-state index in [0.717, 1.165) is 17.6 Å². The smallest absolute Gasteiger partial charge is 0.245 e. The van der Waals surface area contributed by atoms with Crippen molar-refractivity contribution < 1.29 is 22.7 Å². The van der Waals surface area contributed by atoms with E-state index in [9.17, 15) is 18.0 Å². The van der Waals surface area contributed by atoms with Gasteiger partial charge in [0.05, 0.1) is 41.0 Å². The van der Waals surface area contributed by atoms with Crippen molar-refractivity contribution in [2.45, 2.75) is 38.1 Å². The minimum Gasteiger partial charge on any atom is -0.378 e. The van der Waals surface area contributed by atoms with Gasteiger partial charge in [-0.05, 0) is 43.7 Å². The number of hydrogen-bond acceptors (Lipinski definition) is 9. The first-order valence-corrected chi connectivity index (χ1v) is 15.8. The number of methoxy groups -OCH3 is 1. The molecule has 8 rings (SSSR count). The lowest BCUT2D eigenvalue weighted by Crippen LogP contribution is -2.47. The quantitative estimate of drug-likeness (QED) is 0.291. The van der Waals surface area contributed by atoms with Gasteiger partial charge in [0.2, 0.25) is 5.91 Å². The number of aromatic nitrogens is 7. The third kappa shape index (κ3) is 5.30. The Morgan fingerprint density at radius 3 is 2.65 bits per heavy atom. The molecule has 6 heterocycles. The number of fused-ring (bicyclic) bond motifs is 6. The maximum Gasteiger partial charge on any atom is 0.245 e. The summed E-state index contributed by atoms with van der Waals surface area (Å²) in [5.74, 6) is -0.395. The van der Waals surface area contributed by atoms with E-state index in [1.54, 1.807) is 19.1 Å². The van der Waals surface area contributed by atoms with Crippen molar-refractivity contribution in [3.05, 3.63) is 84.3 Å². The fourth-order valence-corrected chi connectivity index (χ4v) is 7.00. The van der Waals surface area contributed by atoms with Crippen LogP contribution in [0.1, 0.15) is 12.2 Å². The van der Waals surface area contributed by atoms with Crippen LogP contribution in [0.2, 0.25) is 0 Å². The first-order chi connectivity index (χ1) is 23.7. The zero-order valence-corrected chi connectivity index (χ0v) is 26.8. The number of likely N-dealkylation sites (N-methyl/N-ethyl adjacent to an activating group) is 1. The van der Waals surface area contributed by atoms with Gasteiger partial charge in [0.25, 0.3) is 0 Å². The van der Waals surface area contributed by atoms with E-state index in [0.29, 0.717) is 64.8 Å². The molecule has 2 aromatic carbocycles. The molecular weight excluding hydrogens is 637 g/mol. The van der Waals surface area contributed by atoms with Gasteiger partial charge in [0, 0.05) is 51.0 Å². The van der Waals surface area contributed by atoms with Crippen LogP contribution in [-0.2, 0) is 16.1 Å². The Hall–Kier alpha value is -5.57. The SMILES string of the molecule is CO[C@H]1CN(C)C(=O)[C@@H]2C[C@@H](CN2c2ncnc3c2cnn3-c2ccc(F)cc2F)Nc2cccc(n2)-c2cc(F)cc3nc(C)n(c23)C1. The minimum absolute atomic E-state index is 0.0271. The zero-order chi connectivity index (χ0) is 34.0. The molecule has 12 nitrogen and oxygen atoms in total. The van der Waals surface area contributed by atoms with Gasteiger partial charge in [0.15, 0.2) is 11.5 Å². The number of anilines is 2. The van der Waals surface area contributed by atoms with E-state index in [1.807, 2.05) is 34.6 Å². The van der Waals surface area contributed by atoms with Crippen LogP contribution in [0.4, 0.5) is 24.8 Å². The van der Waals surface area contributed by atoms with Gasteiger partial charge in [-0.15, -0.1) is 0 Å². The molecule has 15 heteroatoms. The van der Waals surface area contributed by atoms with Gasteiger partial charge in [-0.2, -0.15) is 5.10 Å². The molecule has 2 aliphatic heterocycles. The third-order valence-corrected chi connectivity index (χ3v) is 9.29. The molecule has 4 bridgehead atoms.